The smallest absolute Gasteiger partial charge is 0.270 e. The highest BCUT2D eigenvalue weighted by Gasteiger charge is 2.23. The number of ketones is 1. The lowest BCUT2D eigenvalue weighted by Gasteiger charge is -2.22. The van der Waals surface area contributed by atoms with Crippen LogP contribution in [-0.2, 0) is 9.59 Å². The normalized spacial score (nSPS) is 15.7. The molecule has 0 atom stereocenters. The average Bonchev–Trinajstić information content (AvgIpc) is 2.29. The second-order valence-corrected chi connectivity index (χ2v) is 5.18. The number of anilines is 1. The van der Waals surface area contributed by atoms with Gasteiger partial charge in [0.2, 0.25) is 0 Å². The second-order valence-electron chi connectivity index (χ2n) is 3.93. The molecule has 1 N–H and O–H groups in total. The minimum atomic E-state index is -0.462. The molecule has 2 rings (SSSR count). The number of nitrogens with one attached hydrogen (secondary N) is 1. The highest BCUT2D eigenvalue weighted by atomic mass is 127. The molecule has 0 saturated heterocycles. The van der Waals surface area contributed by atoms with E-state index in [-0.39, 0.29) is 29.6 Å². The Hall–Kier alpha value is -1.44. The molecule has 18 heavy (non-hydrogen) atoms. The zero-order valence-corrected chi connectivity index (χ0v) is 11.7. The van der Waals surface area contributed by atoms with E-state index in [1.54, 1.807) is 6.07 Å². The first-order chi connectivity index (χ1) is 8.47. The van der Waals surface area contributed by atoms with Gasteiger partial charge in [-0.3, -0.25) is 9.59 Å². The third-order valence-corrected chi connectivity index (χ3v) is 3.15. The van der Waals surface area contributed by atoms with Crippen LogP contribution in [-0.4, -0.2) is 30.2 Å². The summed E-state index contributed by atoms with van der Waals surface area (Å²) in [6.07, 6.45) is 1.21. The fourth-order valence-electron chi connectivity index (χ4n) is 1.61. The van der Waals surface area contributed by atoms with Crippen LogP contribution in [0.2, 0.25) is 0 Å². The Kier molecular flexibility index (Phi) is 3.65. The lowest BCUT2D eigenvalue weighted by atomic mass is 10.2. The largest absolute Gasteiger partial charge is 0.349 e. The van der Waals surface area contributed by atoms with E-state index in [0.29, 0.717) is 0 Å². The fraction of sp³-hybridized carbons (Fsp3) is 0.167. The third kappa shape index (κ3) is 2.69. The molecule has 0 aromatic heterocycles. The number of likely N-dealkylation sites (N-methyl/N-ethyl adjacent to an activating group) is 1. The number of carbonyl (C=O) groups excluding carboxylic acids is 2. The van der Waals surface area contributed by atoms with Crippen LogP contribution in [0.15, 0.2) is 30.0 Å². The topological polar surface area (TPSA) is 49.4 Å². The van der Waals surface area contributed by atoms with Crippen LogP contribution in [0.3, 0.4) is 0 Å². The number of benzene rings is 1. The van der Waals surface area contributed by atoms with Gasteiger partial charge in [0.05, 0.1) is 12.2 Å². The van der Waals surface area contributed by atoms with Crippen molar-refractivity contribution in [3.05, 3.63) is 39.4 Å². The molecule has 1 heterocycles. The van der Waals surface area contributed by atoms with Crippen LogP contribution in [0, 0.1) is 9.39 Å². The third-order valence-electron chi connectivity index (χ3n) is 2.48. The highest BCUT2D eigenvalue weighted by Crippen LogP contribution is 2.20. The molecule has 0 fully saturated rings. The Morgan fingerprint density at radius 3 is 2.78 bits per heavy atom. The maximum Gasteiger partial charge on any atom is 0.270 e. The van der Waals surface area contributed by atoms with Gasteiger partial charge in [-0.1, -0.05) is 0 Å². The lowest BCUT2D eigenvalue weighted by Crippen LogP contribution is -2.38. The molecule has 1 aromatic carbocycles. The van der Waals surface area contributed by atoms with E-state index in [1.807, 2.05) is 22.6 Å². The van der Waals surface area contributed by atoms with Crippen molar-refractivity contribution in [2.75, 3.05) is 18.9 Å². The summed E-state index contributed by atoms with van der Waals surface area (Å²) >= 11 is 1.99. The SMILES string of the molecule is CN1CC(=O)C=C(Nc2ccc(I)cc2F)C1=O. The maximum atomic E-state index is 13.6. The Morgan fingerprint density at radius 1 is 1.39 bits per heavy atom. The molecule has 1 aromatic rings. The summed E-state index contributed by atoms with van der Waals surface area (Å²) in [5.74, 6) is -0.977. The summed E-state index contributed by atoms with van der Waals surface area (Å²) in [6.45, 7) is 0.0547. The first-order valence-corrected chi connectivity index (χ1v) is 6.27. The van der Waals surface area contributed by atoms with Crippen molar-refractivity contribution in [3.8, 4) is 0 Å². The van der Waals surface area contributed by atoms with Gasteiger partial charge in [-0.05, 0) is 40.8 Å². The number of nitrogens with zero attached hydrogens (tertiary/aromatic N) is 1. The average molecular weight is 360 g/mol. The van der Waals surface area contributed by atoms with E-state index < -0.39 is 5.82 Å². The summed E-state index contributed by atoms with van der Waals surface area (Å²) in [7, 11) is 1.53. The molecule has 1 aliphatic heterocycles. The molecule has 6 heteroatoms. The van der Waals surface area contributed by atoms with Gasteiger partial charge in [-0.15, -0.1) is 0 Å². The minimum Gasteiger partial charge on any atom is -0.349 e. The van der Waals surface area contributed by atoms with Crippen molar-refractivity contribution >= 4 is 40.0 Å². The predicted molar refractivity (Wildman–Crippen MR) is 73.5 cm³/mol. The predicted octanol–water partition coefficient (Wildman–Crippen LogP) is 1.77. The second kappa shape index (κ2) is 5.05. The van der Waals surface area contributed by atoms with Gasteiger partial charge in [0, 0.05) is 16.7 Å². The fourth-order valence-corrected chi connectivity index (χ4v) is 2.06. The Balaban J connectivity index is 2.28. The van der Waals surface area contributed by atoms with Crippen molar-refractivity contribution in [3.63, 3.8) is 0 Å². The lowest BCUT2D eigenvalue weighted by molar-refractivity contribution is -0.131. The highest BCUT2D eigenvalue weighted by molar-refractivity contribution is 14.1. The molecular formula is C12H10FIN2O2. The molecule has 0 saturated carbocycles. The number of hydrogen-bond donors (Lipinski definition) is 1. The summed E-state index contributed by atoms with van der Waals surface area (Å²) in [5, 5.41) is 2.66. The quantitative estimate of drug-likeness (QED) is 0.818. The number of amides is 1. The number of carbonyl (C=O) groups is 2. The van der Waals surface area contributed by atoms with Crippen LogP contribution < -0.4 is 5.32 Å². The number of halogens is 2. The summed E-state index contributed by atoms with van der Waals surface area (Å²) in [5.41, 5.74) is 0.270. The number of hydrogen-bond acceptors (Lipinski definition) is 3. The van der Waals surface area contributed by atoms with Crippen molar-refractivity contribution in [2.24, 2.45) is 0 Å². The summed E-state index contributed by atoms with van der Waals surface area (Å²) in [6, 6.07) is 4.60. The monoisotopic (exact) mass is 360 g/mol. The summed E-state index contributed by atoms with van der Waals surface area (Å²) < 4.78 is 14.4. The van der Waals surface area contributed by atoms with Gasteiger partial charge in [0.15, 0.2) is 5.78 Å². The van der Waals surface area contributed by atoms with Crippen LogP contribution in [0.4, 0.5) is 10.1 Å². The van der Waals surface area contributed by atoms with E-state index in [0.717, 1.165) is 3.57 Å². The van der Waals surface area contributed by atoms with E-state index >= 15 is 0 Å². The standard InChI is InChI=1S/C12H10FIN2O2/c1-16-6-8(17)5-11(12(16)18)15-10-3-2-7(14)4-9(10)13/h2-5,15H,6H2,1H3. The Labute approximate surface area is 117 Å². The molecular weight excluding hydrogens is 350 g/mol. The van der Waals surface area contributed by atoms with Crippen molar-refractivity contribution in [2.45, 2.75) is 0 Å². The molecule has 4 nitrogen and oxygen atoms in total. The van der Waals surface area contributed by atoms with E-state index in [9.17, 15) is 14.0 Å². The van der Waals surface area contributed by atoms with Gasteiger partial charge in [-0.25, -0.2) is 4.39 Å². The Morgan fingerprint density at radius 2 is 2.11 bits per heavy atom. The molecule has 0 aliphatic carbocycles. The molecule has 94 valence electrons. The van der Waals surface area contributed by atoms with Crippen LogP contribution in [0.5, 0.6) is 0 Å². The van der Waals surface area contributed by atoms with Crippen molar-refractivity contribution in [1.82, 2.24) is 4.90 Å². The van der Waals surface area contributed by atoms with Crippen molar-refractivity contribution in [1.29, 1.82) is 0 Å². The van der Waals surface area contributed by atoms with Gasteiger partial charge < -0.3 is 10.2 Å². The molecule has 1 amide bonds. The Bertz CT molecular complexity index is 557. The molecule has 0 unspecified atom stereocenters. The van der Waals surface area contributed by atoms with Crippen molar-refractivity contribution < 1.29 is 14.0 Å². The van der Waals surface area contributed by atoms with E-state index in [2.05, 4.69) is 5.32 Å². The molecule has 0 radical (unpaired) electrons. The molecule has 1 aliphatic rings. The molecule has 0 bridgehead atoms. The van der Waals surface area contributed by atoms with Gasteiger partial charge in [0.25, 0.3) is 5.91 Å². The molecule has 0 spiro atoms. The van der Waals surface area contributed by atoms with Crippen LogP contribution in [0.25, 0.3) is 0 Å². The first-order valence-electron chi connectivity index (χ1n) is 5.19. The van der Waals surface area contributed by atoms with Crippen LogP contribution >= 0.6 is 22.6 Å². The van der Waals surface area contributed by atoms with Crippen LogP contribution in [0.1, 0.15) is 0 Å². The minimum absolute atomic E-state index is 0.0547. The maximum absolute atomic E-state index is 13.6. The van der Waals surface area contributed by atoms with Gasteiger partial charge in [-0.2, -0.15) is 0 Å². The van der Waals surface area contributed by atoms with E-state index in [1.165, 1.54) is 30.2 Å². The zero-order chi connectivity index (χ0) is 13.3. The van der Waals surface area contributed by atoms with Gasteiger partial charge in [0.1, 0.15) is 11.5 Å². The van der Waals surface area contributed by atoms with Gasteiger partial charge >= 0.3 is 0 Å². The first kappa shape index (κ1) is 13.0. The zero-order valence-electron chi connectivity index (χ0n) is 9.54. The summed E-state index contributed by atoms with van der Waals surface area (Å²) in [4.78, 5) is 24.4. The van der Waals surface area contributed by atoms with E-state index in [4.69, 9.17) is 0 Å². The number of rotatable bonds is 2.